The molecule has 4 heterocycles. The van der Waals surface area contributed by atoms with E-state index in [1.165, 1.54) is 0 Å². The van der Waals surface area contributed by atoms with Crippen LogP contribution in [0.25, 0.3) is 22.4 Å². The summed E-state index contributed by atoms with van der Waals surface area (Å²) in [6, 6.07) is 9.90. The zero-order valence-electron chi connectivity index (χ0n) is 15.7. The first-order chi connectivity index (χ1) is 14.2. The number of aliphatic hydroxyl groups is 1. The summed E-state index contributed by atoms with van der Waals surface area (Å²) in [5, 5.41) is 11.1. The van der Waals surface area contributed by atoms with Gasteiger partial charge in [-0.2, -0.15) is 0 Å². The van der Waals surface area contributed by atoms with Crippen LogP contribution in [0.5, 0.6) is 0 Å². The summed E-state index contributed by atoms with van der Waals surface area (Å²) in [6.07, 6.45) is 6.27. The van der Waals surface area contributed by atoms with Crippen molar-refractivity contribution in [3.05, 3.63) is 59.8 Å². The first kappa shape index (κ1) is 18.1. The second-order valence-electron chi connectivity index (χ2n) is 7.37. The van der Waals surface area contributed by atoms with Crippen molar-refractivity contribution >= 4 is 28.5 Å². The van der Waals surface area contributed by atoms with E-state index in [0.717, 1.165) is 54.2 Å². The summed E-state index contributed by atoms with van der Waals surface area (Å²) in [7, 11) is 0. The van der Waals surface area contributed by atoms with Gasteiger partial charge in [0.1, 0.15) is 23.6 Å². The first-order valence-corrected chi connectivity index (χ1v) is 10.1. The molecular weight excluding hydrogens is 388 g/mol. The molecule has 1 saturated heterocycles. The van der Waals surface area contributed by atoms with Crippen molar-refractivity contribution in [1.82, 2.24) is 24.9 Å². The first-order valence-electron chi connectivity index (χ1n) is 9.72. The second kappa shape index (κ2) is 7.50. The van der Waals surface area contributed by atoms with Crippen LogP contribution in [-0.4, -0.2) is 43.1 Å². The van der Waals surface area contributed by atoms with Crippen molar-refractivity contribution in [2.45, 2.75) is 18.9 Å². The molecule has 7 nitrogen and oxygen atoms in total. The highest BCUT2D eigenvalue weighted by molar-refractivity contribution is 6.33. The normalized spacial score (nSPS) is 16.4. The van der Waals surface area contributed by atoms with Crippen molar-refractivity contribution in [3.8, 4) is 11.4 Å². The van der Waals surface area contributed by atoms with Crippen LogP contribution in [0.2, 0.25) is 5.02 Å². The third kappa shape index (κ3) is 3.47. The topological polar surface area (TPSA) is 93.7 Å². The Balaban J connectivity index is 1.35. The van der Waals surface area contributed by atoms with Crippen molar-refractivity contribution in [1.29, 1.82) is 0 Å². The highest BCUT2D eigenvalue weighted by Crippen LogP contribution is 2.33. The zero-order valence-corrected chi connectivity index (χ0v) is 16.5. The number of pyridine rings is 1. The molecule has 1 aliphatic heterocycles. The highest BCUT2D eigenvalue weighted by Gasteiger charge is 2.28. The smallest absolute Gasteiger partial charge is 0.140 e. The maximum absolute atomic E-state index is 10.5. The van der Waals surface area contributed by atoms with Gasteiger partial charge in [0.2, 0.25) is 0 Å². The summed E-state index contributed by atoms with van der Waals surface area (Å²) in [6.45, 7) is 1.63. The van der Waals surface area contributed by atoms with Crippen LogP contribution in [0.15, 0.2) is 48.9 Å². The minimum Gasteiger partial charge on any atom is -0.385 e. The van der Waals surface area contributed by atoms with Crippen LogP contribution >= 0.6 is 11.6 Å². The summed E-state index contributed by atoms with van der Waals surface area (Å²) >= 11 is 6.43. The molecule has 0 aliphatic carbocycles. The van der Waals surface area contributed by atoms with Crippen LogP contribution in [0, 0.1) is 5.92 Å². The Bertz CT molecular complexity index is 1080. The van der Waals surface area contributed by atoms with Gasteiger partial charge in [-0.05, 0) is 37.0 Å². The number of aliphatic hydroxyl groups excluding tert-OH is 1. The van der Waals surface area contributed by atoms with Gasteiger partial charge >= 0.3 is 0 Å². The van der Waals surface area contributed by atoms with Gasteiger partial charge in [0.05, 0.1) is 16.1 Å². The fourth-order valence-electron chi connectivity index (χ4n) is 3.97. The number of hydrogen-bond acceptors (Lipinski definition) is 5. The Hall–Kier alpha value is -2.90. The Morgan fingerprint density at radius 2 is 2.00 bits per heavy atom. The van der Waals surface area contributed by atoms with E-state index in [0.29, 0.717) is 10.8 Å². The van der Waals surface area contributed by atoms with Crippen molar-refractivity contribution in [2.24, 2.45) is 5.92 Å². The maximum atomic E-state index is 10.5. The number of anilines is 1. The molecule has 1 fully saturated rings. The molecule has 0 spiro atoms. The number of imidazole rings is 2. The number of para-hydroxylation sites is 2. The minimum absolute atomic E-state index is 0.180. The van der Waals surface area contributed by atoms with Gasteiger partial charge in [-0.1, -0.05) is 23.7 Å². The predicted molar refractivity (Wildman–Crippen MR) is 113 cm³/mol. The largest absolute Gasteiger partial charge is 0.385 e. The number of aromatic nitrogens is 5. The highest BCUT2D eigenvalue weighted by atomic mass is 35.5. The number of nitrogens with one attached hydrogen (secondary N) is 2. The quantitative estimate of drug-likeness (QED) is 0.475. The van der Waals surface area contributed by atoms with Crippen LogP contribution in [0.4, 0.5) is 5.82 Å². The monoisotopic (exact) mass is 408 g/mol. The molecule has 0 amide bonds. The van der Waals surface area contributed by atoms with Gasteiger partial charge in [0.15, 0.2) is 0 Å². The van der Waals surface area contributed by atoms with Gasteiger partial charge in [-0.15, -0.1) is 0 Å². The lowest BCUT2D eigenvalue weighted by Gasteiger charge is -2.34. The lowest BCUT2D eigenvalue weighted by atomic mass is 9.91. The van der Waals surface area contributed by atoms with E-state index in [-0.39, 0.29) is 5.92 Å². The van der Waals surface area contributed by atoms with E-state index in [1.807, 2.05) is 30.3 Å². The summed E-state index contributed by atoms with van der Waals surface area (Å²) in [5.41, 5.74) is 2.72. The zero-order chi connectivity index (χ0) is 19.8. The average Bonchev–Trinajstić information content (AvgIpc) is 3.44. The molecule has 148 valence electrons. The SMILES string of the molecule is OC(c1ncc[nH]1)C1CCN(c2cc(-c3nc4ccccc4[nH]3)c(Cl)cn2)CC1. The molecule has 1 aliphatic rings. The van der Waals surface area contributed by atoms with Gasteiger partial charge in [0, 0.05) is 37.2 Å². The Morgan fingerprint density at radius 1 is 1.17 bits per heavy atom. The van der Waals surface area contributed by atoms with E-state index in [1.54, 1.807) is 18.6 Å². The minimum atomic E-state index is -0.559. The van der Waals surface area contributed by atoms with E-state index in [9.17, 15) is 5.11 Å². The number of fused-ring (bicyclic) bond motifs is 1. The molecule has 3 N–H and O–H groups in total. The Kier molecular flexibility index (Phi) is 4.69. The molecule has 4 aromatic rings. The maximum Gasteiger partial charge on any atom is 0.140 e. The van der Waals surface area contributed by atoms with E-state index < -0.39 is 6.10 Å². The van der Waals surface area contributed by atoms with Crippen molar-refractivity contribution < 1.29 is 5.11 Å². The summed E-state index contributed by atoms with van der Waals surface area (Å²) < 4.78 is 0. The molecule has 1 unspecified atom stereocenters. The molecule has 0 saturated carbocycles. The average molecular weight is 409 g/mol. The van der Waals surface area contributed by atoms with E-state index >= 15 is 0 Å². The molecule has 3 aromatic heterocycles. The Labute approximate surface area is 172 Å². The lowest BCUT2D eigenvalue weighted by molar-refractivity contribution is 0.0856. The molecule has 29 heavy (non-hydrogen) atoms. The number of aromatic amines is 2. The third-order valence-corrected chi connectivity index (χ3v) is 5.90. The van der Waals surface area contributed by atoms with Crippen LogP contribution in [-0.2, 0) is 0 Å². The number of rotatable bonds is 4. The summed E-state index contributed by atoms with van der Waals surface area (Å²) in [4.78, 5) is 22.0. The van der Waals surface area contributed by atoms with Crippen molar-refractivity contribution in [2.75, 3.05) is 18.0 Å². The van der Waals surface area contributed by atoms with E-state index in [4.69, 9.17) is 11.6 Å². The van der Waals surface area contributed by atoms with Gasteiger partial charge in [-0.25, -0.2) is 15.0 Å². The van der Waals surface area contributed by atoms with Crippen LogP contribution < -0.4 is 4.90 Å². The number of hydrogen-bond donors (Lipinski definition) is 3. The van der Waals surface area contributed by atoms with Crippen LogP contribution in [0.3, 0.4) is 0 Å². The van der Waals surface area contributed by atoms with Gasteiger partial charge in [-0.3, -0.25) is 0 Å². The number of H-pyrrole nitrogens is 2. The molecule has 1 aromatic carbocycles. The molecule has 5 rings (SSSR count). The predicted octanol–water partition coefficient (Wildman–Crippen LogP) is 3.95. The second-order valence-corrected chi connectivity index (χ2v) is 7.78. The summed E-state index contributed by atoms with van der Waals surface area (Å²) in [5.74, 6) is 2.43. The fraction of sp³-hybridized carbons (Fsp3) is 0.286. The molecule has 8 heteroatoms. The van der Waals surface area contributed by atoms with Gasteiger partial charge in [0.25, 0.3) is 0 Å². The number of piperidine rings is 1. The molecular formula is C21H21ClN6O. The third-order valence-electron chi connectivity index (χ3n) is 5.60. The molecule has 0 radical (unpaired) electrons. The Morgan fingerprint density at radius 3 is 2.76 bits per heavy atom. The lowest BCUT2D eigenvalue weighted by Crippen LogP contribution is -2.36. The molecule has 1 atom stereocenters. The van der Waals surface area contributed by atoms with Gasteiger partial charge < -0.3 is 20.0 Å². The van der Waals surface area contributed by atoms with Crippen molar-refractivity contribution in [3.63, 3.8) is 0 Å². The number of benzene rings is 1. The van der Waals surface area contributed by atoms with E-state index in [2.05, 4.69) is 29.8 Å². The van der Waals surface area contributed by atoms with Crippen LogP contribution in [0.1, 0.15) is 24.8 Å². The fourth-order valence-corrected chi connectivity index (χ4v) is 4.16. The standard InChI is InChI=1S/C21H21ClN6O/c22-15-12-25-18(11-14(15)20-26-16-3-1-2-4-17(16)27-20)28-9-5-13(6-10-28)19(29)21-23-7-8-24-21/h1-4,7-8,11-13,19,29H,5-6,9-10H2,(H,23,24)(H,26,27). The molecule has 0 bridgehead atoms. The number of halogens is 1. The number of nitrogens with zero attached hydrogens (tertiary/aromatic N) is 4.